The number of aromatic nitrogens is 3. The van der Waals surface area contributed by atoms with Gasteiger partial charge in [-0.1, -0.05) is 31.2 Å². The molecule has 1 amide bonds. The van der Waals surface area contributed by atoms with Gasteiger partial charge in [0.1, 0.15) is 4.83 Å². The Hall–Kier alpha value is -2.19. The molecule has 0 aliphatic carbocycles. The number of hydrogen-bond donors (Lipinski definition) is 1. The first-order chi connectivity index (χ1) is 13.5. The Labute approximate surface area is 172 Å². The quantitative estimate of drug-likeness (QED) is 0.448. The lowest BCUT2D eigenvalue weighted by Gasteiger charge is -2.12. The van der Waals surface area contributed by atoms with Gasteiger partial charge in [-0.3, -0.25) is 19.1 Å². The topological polar surface area (TPSA) is 76.9 Å². The van der Waals surface area contributed by atoms with Gasteiger partial charge in [0, 0.05) is 17.6 Å². The number of aryl methyl sites for hydroxylation is 2. The van der Waals surface area contributed by atoms with Crippen LogP contribution in [-0.4, -0.2) is 26.2 Å². The van der Waals surface area contributed by atoms with Crippen molar-refractivity contribution in [2.45, 2.75) is 51.9 Å². The lowest BCUT2D eigenvalue weighted by Crippen LogP contribution is -2.27. The van der Waals surface area contributed by atoms with Crippen LogP contribution in [0.5, 0.6) is 0 Å². The standard InChI is InChI=1S/C20H24N4O2S2/c1-4-5-10-24-19(26)17-13(2)14(3)28-18(17)23-20(24)27-12-16(25)22-11-15-8-6-7-9-21-15/h6-9H,4-5,10-12H2,1-3H3,(H,22,25). The molecule has 148 valence electrons. The molecule has 3 aromatic rings. The molecule has 28 heavy (non-hydrogen) atoms. The van der Waals surface area contributed by atoms with Gasteiger partial charge in [0.25, 0.3) is 5.56 Å². The summed E-state index contributed by atoms with van der Waals surface area (Å²) in [6.07, 6.45) is 3.59. The zero-order valence-electron chi connectivity index (χ0n) is 16.3. The summed E-state index contributed by atoms with van der Waals surface area (Å²) in [5.41, 5.74) is 1.81. The van der Waals surface area contributed by atoms with Crippen molar-refractivity contribution in [2.75, 3.05) is 5.75 Å². The molecule has 0 fully saturated rings. The van der Waals surface area contributed by atoms with E-state index in [4.69, 9.17) is 4.98 Å². The molecule has 0 aliphatic heterocycles. The van der Waals surface area contributed by atoms with Crippen LogP contribution in [0.1, 0.15) is 35.9 Å². The van der Waals surface area contributed by atoms with Crippen LogP contribution in [-0.2, 0) is 17.9 Å². The summed E-state index contributed by atoms with van der Waals surface area (Å²) < 4.78 is 1.72. The second-order valence-electron chi connectivity index (χ2n) is 6.55. The van der Waals surface area contributed by atoms with Crippen LogP contribution < -0.4 is 10.9 Å². The van der Waals surface area contributed by atoms with Crippen molar-refractivity contribution in [3.63, 3.8) is 0 Å². The molecule has 3 rings (SSSR count). The number of fused-ring (bicyclic) bond motifs is 1. The van der Waals surface area contributed by atoms with Crippen LogP contribution in [0.15, 0.2) is 34.3 Å². The number of amides is 1. The van der Waals surface area contributed by atoms with Crippen LogP contribution in [0.2, 0.25) is 0 Å². The Morgan fingerprint density at radius 2 is 2.14 bits per heavy atom. The molecule has 3 aromatic heterocycles. The van der Waals surface area contributed by atoms with E-state index >= 15 is 0 Å². The van der Waals surface area contributed by atoms with E-state index in [1.807, 2.05) is 32.0 Å². The monoisotopic (exact) mass is 416 g/mol. The molecule has 0 aromatic carbocycles. The molecule has 8 heteroatoms. The lowest BCUT2D eigenvalue weighted by molar-refractivity contribution is -0.118. The van der Waals surface area contributed by atoms with E-state index in [0.717, 1.165) is 33.8 Å². The molecule has 1 N–H and O–H groups in total. The maximum absolute atomic E-state index is 13.1. The number of carbonyl (C=O) groups is 1. The van der Waals surface area contributed by atoms with Gasteiger partial charge in [-0.05, 0) is 38.0 Å². The lowest BCUT2D eigenvalue weighted by atomic mass is 10.2. The van der Waals surface area contributed by atoms with Gasteiger partial charge in [-0.15, -0.1) is 11.3 Å². The van der Waals surface area contributed by atoms with Gasteiger partial charge in [0.2, 0.25) is 5.91 Å². The second kappa shape index (κ2) is 9.34. The highest BCUT2D eigenvalue weighted by Gasteiger charge is 2.17. The van der Waals surface area contributed by atoms with Gasteiger partial charge in [0.15, 0.2) is 5.16 Å². The van der Waals surface area contributed by atoms with E-state index in [1.54, 1.807) is 10.8 Å². The van der Waals surface area contributed by atoms with Crippen molar-refractivity contribution >= 4 is 39.2 Å². The van der Waals surface area contributed by atoms with Crippen molar-refractivity contribution in [3.8, 4) is 0 Å². The number of thiophene rings is 1. The number of nitrogens with zero attached hydrogens (tertiary/aromatic N) is 3. The van der Waals surface area contributed by atoms with Gasteiger partial charge >= 0.3 is 0 Å². The number of unbranched alkanes of at least 4 members (excludes halogenated alkanes) is 1. The van der Waals surface area contributed by atoms with E-state index < -0.39 is 0 Å². The largest absolute Gasteiger partial charge is 0.350 e. The summed E-state index contributed by atoms with van der Waals surface area (Å²) in [5, 5.41) is 4.18. The molecule has 0 spiro atoms. The second-order valence-corrected chi connectivity index (χ2v) is 8.70. The Morgan fingerprint density at radius 3 is 2.86 bits per heavy atom. The molecule has 0 aliphatic rings. The number of carbonyl (C=O) groups excluding carboxylic acids is 1. The number of pyridine rings is 1. The van der Waals surface area contributed by atoms with Crippen LogP contribution in [0.25, 0.3) is 10.2 Å². The van der Waals surface area contributed by atoms with Crippen LogP contribution in [0, 0.1) is 13.8 Å². The van der Waals surface area contributed by atoms with Crippen molar-refractivity contribution in [2.24, 2.45) is 0 Å². The molecule has 0 unspecified atom stereocenters. The molecule has 0 saturated carbocycles. The summed E-state index contributed by atoms with van der Waals surface area (Å²) in [7, 11) is 0. The molecular weight excluding hydrogens is 392 g/mol. The van der Waals surface area contributed by atoms with Crippen molar-refractivity contribution < 1.29 is 4.79 Å². The molecule has 0 radical (unpaired) electrons. The Kier molecular flexibility index (Phi) is 6.85. The van der Waals surface area contributed by atoms with Crippen LogP contribution in [0.4, 0.5) is 0 Å². The fraction of sp³-hybridized carbons (Fsp3) is 0.400. The van der Waals surface area contributed by atoms with Gasteiger partial charge in [-0.2, -0.15) is 0 Å². The van der Waals surface area contributed by atoms with E-state index in [9.17, 15) is 9.59 Å². The molecule has 6 nitrogen and oxygen atoms in total. The zero-order valence-corrected chi connectivity index (χ0v) is 18.0. The summed E-state index contributed by atoms with van der Waals surface area (Å²) in [5.74, 6) is 0.103. The van der Waals surface area contributed by atoms with Gasteiger partial charge in [-0.25, -0.2) is 4.98 Å². The van der Waals surface area contributed by atoms with E-state index in [0.29, 0.717) is 23.6 Å². The Morgan fingerprint density at radius 1 is 1.32 bits per heavy atom. The number of thioether (sulfide) groups is 1. The predicted octanol–water partition coefficient (Wildman–Crippen LogP) is 3.68. The highest BCUT2D eigenvalue weighted by atomic mass is 32.2. The van der Waals surface area contributed by atoms with Crippen molar-refractivity contribution in [3.05, 3.63) is 50.9 Å². The fourth-order valence-electron chi connectivity index (χ4n) is 2.81. The van der Waals surface area contributed by atoms with Crippen LogP contribution >= 0.6 is 23.1 Å². The summed E-state index contributed by atoms with van der Waals surface area (Å²) in [4.78, 5) is 36.1. The first-order valence-corrected chi connectivity index (χ1v) is 11.1. The Balaban J connectivity index is 1.77. The number of hydrogen-bond acceptors (Lipinski definition) is 6. The molecule has 3 heterocycles. The van der Waals surface area contributed by atoms with E-state index in [2.05, 4.69) is 17.2 Å². The highest BCUT2D eigenvalue weighted by Crippen LogP contribution is 2.28. The summed E-state index contributed by atoms with van der Waals surface area (Å²) in [6, 6.07) is 5.60. The minimum Gasteiger partial charge on any atom is -0.350 e. The molecule has 0 bridgehead atoms. The highest BCUT2D eigenvalue weighted by molar-refractivity contribution is 7.99. The van der Waals surface area contributed by atoms with E-state index in [-0.39, 0.29) is 17.2 Å². The average molecular weight is 417 g/mol. The molecular formula is C20H24N4O2S2. The Bertz CT molecular complexity index is 1030. The maximum Gasteiger partial charge on any atom is 0.263 e. The van der Waals surface area contributed by atoms with Gasteiger partial charge < -0.3 is 5.32 Å². The zero-order chi connectivity index (χ0) is 20.1. The first-order valence-electron chi connectivity index (χ1n) is 9.31. The number of rotatable bonds is 8. The van der Waals surface area contributed by atoms with Crippen LogP contribution in [0.3, 0.4) is 0 Å². The first kappa shape index (κ1) is 20.5. The third-order valence-corrected chi connectivity index (χ3v) is 6.59. The van der Waals surface area contributed by atoms with Gasteiger partial charge in [0.05, 0.1) is 23.4 Å². The molecule has 0 saturated heterocycles. The normalized spacial score (nSPS) is 11.1. The molecule has 0 atom stereocenters. The third-order valence-electron chi connectivity index (χ3n) is 4.51. The SMILES string of the molecule is CCCCn1c(SCC(=O)NCc2ccccn2)nc2sc(C)c(C)c2c1=O. The smallest absolute Gasteiger partial charge is 0.263 e. The summed E-state index contributed by atoms with van der Waals surface area (Å²) >= 11 is 2.85. The average Bonchev–Trinajstić information content (AvgIpc) is 2.98. The van der Waals surface area contributed by atoms with Crippen molar-refractivity contribution in [1.29, 1.82) is 0 Å². The maximum atomic E-state index is 13.1. The fourth-order valence-corrected chi connectivity index (χ4v) is 4.73. The number of nitrogens with one attached hydrogen (secondary N) is 1. The van der Waals surface area contributed by atoms with Crippen molar-refractivity contribution in [1.82, 2.24) is 19.9 Å². The summed E-state index contributed by atoms with van der Waals surface area (Å²) in [6.45, 7) is 7.08. The van der Waals surface area contributed by atoms with E-state index in [1.165, 1.54) is 23.1 Å². The minimum absolute atomic E-state index is 0.00306. The predicted molar refractivity (Wildman–Crippen MR) is 115 cm³/mol. The minimum atomic E-state index is -0.106. The third kappa shape index (κ3) is 4.62.